The Kier molecular flexibility index (Phi) is 8.54. The number of aromatic nitrogens is 1. The number of carbonyl (C=O) groups is 2. The maximum absolute atomic E-state index is 14.5. The van der Waals surface area contributed by atoms with Gasteiger partial charge < -0.3 is 29.7 Å². The molecule has 2 heterocycles. The average Bonchev–Trinajstić information content (AvgIpc) is 3.14. The zero-order valence-electron chi connectivity index (χ0n) is 19.8. The number of methoxy groups -OCH3 is 1. The summed E-state index contributed by atoms with van der Waals surface area (Å²) in [6.07, 6.45) is -2.12. The van der Waals surface area contributed by atoms with E-state index in [9.17, 15) is 27.9 Å². The fourth-order valence-corrected chi connectivity index (χ4v) is 4.11. The van der Waals surface area contributed by atoms with Crippen LogP contribution in [0, 0.1) is 17.6 Å². The van der Waals surface area contributed by atoms with Gasteiger partial charge in [-0.15, -0.1) is 0 Å². The maximum Gasteiger partial charge on any atom is 0.254 e. The van der Waals surface area contributed by atoms with Crippen molar-refractivity contribution in [3.05, 3.63) is 47.2 Å². The summed E-state index contributed by atoms with van der Waals surface area (Å²) in [6.45, 7) is 1.27. The Hall–Kier alpha value is -3.22. The minimum Gasteiger partial charge on any atom is -0.493 e. The van der Waals surface area contributed by atoms with Crippen molar-refractivity contribution in [2.45, 2.75) is 37.6 Å². The molecule has 1 amide bonds. The van der Waals surface area contributed by atoms with Crippen LogP contribution >= 0.6 is 0 Å². The number of amides is 1. The number of hydrogen-bond donors (Lipinski definition) is 3. The van der Waals surface area contributed by atoms with Gasteiger partial charge in [0.25, 0.3) is 5.91 Å². The van der Waals surface area contributed by atoms with E-state index in [0.717, 1.165) is 13.2 Å². The monoisotopic (exact) mass is 512 g/mol. The third-order valence-electron chi connectivity index (χ3n) is 6.24. The first kappa shape index (κ1) is 27.4. The molecule has 1 aromatic carbocycles. The highest BCUT2D eigenvalue weighted by atomic mass is 19.2. The Labute approximate surface area is 205 Å². The van der Waals surface area contributed by atoms with Crippen LogP contribution in [-0.4, -0.2) is 72.2 Å². The summed E-state index contributed by atoms with van der Waals surface area (Å²) < 4.78 is 58.5. The zero-order valence-corrected chi connectivity index (χ0v) is 19.8. The number of anilines is 1. The highest BCUT2D eigenvalue weighted by Gasteiger charge is 2.54. The number of rotatable bonds is 10. The van der Waals surface area contributed by atoms with Crippen molar-refractivity contribution >= 4 is 17.9 Å². The molecule has 36 heavy (non-hydrogen) atoms. The topological polar surface area (TPSA) is 127 Å². The lowest BCUT2D eigenvalue weighted by Gasteiger charge is -2.27. The summed E-state index contributed by atoms with van der Waals surface area (Å²) in [5.41, 5.74) is -1.31. The number of pyridine rings is 1. The number of halogens is 3. The zero-order chi connectivity index (χ0) is 26.6. The molecular formula is C24H27F3N2O7. The molecule has 0 bridgehead atoms. The van der Waals surface area contributed by atoms with Crippen LogP contribution in [0.25, 0.3) is 0 Å². The van der Waals surface area contributed by atoms with E-state index in [0.29, 0.717) is 6.29 Å². The second kappa shape index (κ2) is 11.2. The van der Waals surface area contributed by atoms with E-state index in [-0.39, 0.29) is 29.4 Å². The average molecular weight is 512 g/mol. The van der Waals surface area contributed by atoms with E-state index in [2.05, 4.69) is 10.3 Å². The summed E-state index contributed by atoms with van der Waals surface area (Å²) >= 11 is 0. The molecule has 1 aliphatic rings. The SMILES string of the molecule is COc1c(C2C(C)[C@](C)(CF)O[C@H]2C(=O)Nc2cc(C=O)nc(OCC(O)CO)c2)ccc(F)c1F. The first-order valence-corrected chi connectivity index (χ1v) is 11.0. The molecule has 1 saturated heterocycles. The van der Waals surface area contributed by atoms with Crippen molar-refractivity contribution in [1.29, 1.82) is 0 Å². The third kappa shape index (κ3) is 5.45. The molecular weight excluding hydrogens is 485 g/mol. The Morgan fingerprint density at radius 1 is 1.36 bits per heavy atom. The molecule has 1 aromatic heterocycles. The lowest BCUT2D eigenvalue weighted by Crippen LogP contribution is -2.35. The molecule has 3 unspecified atom stereocenters. The smallest absolute Gasteiger partial charge is 0.254 e. The van der Waals surface area contributed by atoms with Crippen LogP contribution in [0.3, 0.4) is 0 Å². The lowest BCUT2D eigenvalue weighted by atomic mass is 9.77. The Bertz CT molecular complexity index is 1120. The minimum atomic E-state index is -1.41. The van der Waals surface area contributed by atoms with Gasteiger partial charge in [-0.25, -0.2) is 13.8 Å². The van der Waals surface area contributed by atoms with Gasteiger partial charge in [-0.3, -0.25) is 9.59 Å². The molecule has 0 radical (unpaired) electrons. The van der Waals surface area contributed by atoms with E-state index in [4.69, 9.17) is 19.3 Å². The number of aliphatic hydroxyl groups is 2. The van der Waals surface area contributed by atoms with Gasteiger partial charge in [-0.2, -0.15) is 4.39 Å². The van der Waals surface area contributed by atoms with E-state index in [1.165, 1.54) is 25.1 Å². The molecule has 1 aliphatic heterocycles. The van der Waals surface area contributed by atoms with Crippen LogP contribution < -0.4 is 14.8 Å². The maximum atomic E-state index is 14.5. The van der Waals surface area contributed by atoms with Gasteiger partial charge in [0.05, 0.1) is 19.3 Å². The Balaban J connectivity index is 1.96. The molecule has 1 fully saturated rings. The van der Waals surface area contributed by atoms with E-state index < -0.39 is 66.2 Å². The summed E-state index contributed by atoms with van der Waals surface area (Å²) in [5.74, 6) is -5.24. The second-order valence-corrected chi connectivity index (χ2v) is 8.66. The van der Waals surface area contributed by atoms with Crippen LogP contribution in [0.2, 0.25) is 0 Å². The number of alkyl halides is 1. The van der Waals surface area contributed by atoms with Crippen LogP contribution in [-0.2, 0) is 9.53 Å². The molecule has 2 aromatic rings. The summed E-state index contributed by atoms with van der Waals surface area (Å²) in [6, 6.07) is 4.68. The van der Waals surface area contributed by atoms with Crippen molar-refractivity contribution < 1.29 is 47.2 Å². The van der Waals surface area contributed by atoms with Gasteiger partial charge >= 0.3 is 0 Å². The highest BCUT2D eigenvalue weighted by molar-refractivity contribution is 5.96. The molecule has 0 saturated carbocycles. The van der Waals surface area contributed by atoms with Crippen LogP contribution in [0.4, 0.5) is 18.9 Å². The van der Waals surface area contributed by atoms with Gasteiger partial charge in [0, 0.05) is 23.2 Å². The molecule has 3 N–H and O–H groups in total. The number of nitrogens with zero attached hydrogens (tertiary/aromatic N) is 1. The van der Waals surface area contributed by atoms with Crippen molar-refractivity contribution in [1.82, 2.24) is 4.98 Å². The third-order valence-corrected chi connectivity index (χ3v) is 6.24. The summed E-state index contributed by atoms with van der Waals surface area (Å²) in [4.78, 5) is 28.6. The Morgan fingerprint density at radius 3 is 2.69 bits per heavy atom. The number of nitrogens with one attached hydrogen (secondary N) is 1. The number of ether oxygens (including phenoxy) is 3. The minimum absolute atomic E-state index is 0.0756. The van der Waals surface area contributed by atoms with E-state index >= 15 is 0 Å². The summed E-state index contributed by atoms with van der Waals surface area (Å²) in [5, 5.41) is 21.0. The largest absolute Gasteiger partial charge is 0.493 e. The van der Waals surface area contributed by atoms with Crippen molar-refractivity contribution in [2.75, 3.05) is 32.3 Å². The Morgan fingerprint density at radius 2 is 2.08 bits per heavy atom. The van der Waals surface area contributed by atoms with Crippen LogP contribution in [0.1, 0.15) is 35.8 Å². The van der Waals surface area contributed by atoms with Gasteiger partial charge in [0.2, 0.25) is 11.7 Å². The number of benzene rings is 1. The number of carbonyl (C=O) groups excluding carboxylic acids is 2. The van der Waals surface area contributed by atoms with E-state index in [1.54, 1.807) is 6.92 Å². The number of aldehydes is 1. The molecule has 196 valence electrons. The van der Waals surface area contributed by atoms with Crippen molar-refractivity contribution in [3.8, 4) is 11.6 Å². The van der Waals surface area contributed by atoms with Gasteiger partial charge in [0.15, 0.2) is 17.9 Å². The molecule has 5 atom stereocenters. The fraction of sp³-hybridized carbons (Fsp3) is 0.458. The first-order valence-electron chi connectivity index (χ1n) is 11.0. The standard InChI is InChI=1S/C24H27F3N2O7/c1-12-19(16-4-5-17(26)20(27)21(16)34-3)22(36-24(12,2)11-25)23(33)29-13-6-14(8-30)28-18(7-13)35-10-15(32)9-31/h4-8,12,15,19,22,31-32H,9-11H2,1-3H3,(H,28,29,33)/t12?,15?,19?,22-,24+/m1/s1. The molecule has 9 nitrogen and oxygen atoms in total. The highest BCUT2D eigenvalue weighted by Crippen LogP contribution is 2.49. The molecule has 3 rings (SSSR count). The van der Waals surface area contributed by atoms with Gasteiger partial charge in [-0.1, -0.05) is 13.0 Å². The lowest BCUT2D eigenvalue weighted by molar-refractivity contribution is -0.133. The van der Waals surface area contributed by atoms with Gasteiger partial charge in [-0.05, 0) is 25.0 Å². The normalized spacial score (nSPS) is 24.3. The summed E-state index contributed by atoms with van der Waals surface area (Å²) in [7, 11) is 1.15. The first-order chi connectivity index (χ1) is 17.1. The quantitative estimate of drug-likeness (QED) is 0.414. The van der Waals surface area contributed by atoms with Crippen LogP contribution in [0.5, 0.6) is 11.6 Å². The molecule has 12 heteroatoms. The molecule has 0 spiro atoms. The van der Waals surface area contributed by atoms with Gasteiger partial charge in [0.1, 0.15) is 31.2 Å². The fourth-order valence-electron chi connectivity index (χ4n) is 4.11. The van der Waals surface area contributed by atoms with E-state index in [1.807, 2.05) is 0 Å². The molecule has 0 aliphatic carbocycles. The number of aliphatic hydroxyl groups excluding tert-OH is 2. The second-order valence-electron chi connectivity index (χ2n) is 8.66. The van der Waals surface area contributed by atoms with Crippen molar-refractivity contribution in [3.63, 3.8) is 0 Å². The number of hydrogen-bond acceptors (Lipinski definition) is 8. The predicted molar refractivity (Wildman–Crippen MR) is 121 cm³/mol. The van der Waals surface area contributed by atoms with Crippen molar-refractivity contribution in [2.24, 2.45) is 5.92 Å². The predicted octanol–water partition coefficient (Wildman–Crippen LogP) is 2.40. The van der Waals surface area contributed by atoms with Crippen LogP contribution in [0.15, 0.2) is 24.3 Å².